The molecule has 0 aliphatic heterocycles. The second kappa shape index (κ2) is 9.78. The molecule has 5 heteroatoms. The van der Waals surface area contributed by atoms with Crippen molar-refractivity contribution in [3.63, 3.8) is 0 Å². The van der Waals surface area contributed by atoms with Gasteiger partial charge in [0.05, 0.1) is 19.6 Å². The van der Waals surface area contributed by atoms with Crippen LogP contribution >= 0.6 is 11.6 Å². The van der Waals surface area contributed by atoms with Gasteiger partial charge in [0.15, 0.2) is 0 Å². The highest BCUT2D eigenvalue weighted by Crippen LogP contribution is 2.21. The molecule has 0 aliphatic carbocycles. The summed E-state index contributed by atoms with van der Waals surface area (Å²) in [6.45, 7) is 2.23. The standard InChI is InChI=1S/C21H22ClNO3/c1-16(18-6-4-3-5-7-18)23(15-14-21(25)26-2)20(24)13-10-17-8-11-19(22)12-9-17/h3-13,16H,14-15H2,1-2H3/b13-10+. The lowest BCUT2D eigenvalue weighted by molar-refractivity contribution is -0.141. The maximum Gasteiger partial charge on any atom is 0.307 e. The zero-order valence-corrected chi connectivity index (χ0v) is 15.6. The SMILES string of the molecule is COC(=O)CCN(C(=O)/C=C/c1ccc(Cl)cc1)C(C)c1ccccc1. The van der Waals surface area contributed by atoms with Gasteiger partial charge in [-0.15, -0.1) is 0 Å². The van der Waals surface area contributed by atoms with E-state index < -0.39 is 0 Å². The molecule has 1 unspecified atom stereocenters. The predicted octanol–water partition coefficient (Wildman–Crippen LogP) is 4.51. The average Bonchev–Trinajstić information content (AvgIpc) is 2.67. The first-order valence-electron chi connectivity index (χ1n) is 8.37. The lowest BCUT2D eigenvalue weighted by Gasteiger charge is -2.28. The van der Waals surface area contributed by atoms with Crippen molar-refractivity contribution in [2.24, 2.45) is 0 Å². The Morgan fingerprint density at radius 2 is 1.77 bits per heavy atom. The Balaban J connectivity index is 2.16. The van der Waals surface area contributed by atoms with E-state index in [0.717, 1.165) is 11.1 Å². The Bertz CT molecular complexity index is 757. The number of methoxy groups -OCH3 is 1. The van der Waals surface area contributed by atoms with Gasteiger partial charge in [-0.2, -0.15) is 0 Å². The van der Waals surface area contributed by atoms with E-state index in [4.69, 9.17) is 16.3 Å². The van der Waals surface area contributed by atoms with Crippen molar-refractivity contribution in [1.82, 2.24) is 4.90 Å². The van der Waals surface area contributed by atoms with Crippen LogP contribution < -0.4 is 0 Å². The molecule has 0 bridgehead atoms. The van der Waals surface area contributed by atoms with Crippen LogP contribution in [0.2, 0.25) is 5.02 Å². The number of nitrogens with zero attached hydrogens (tertiary/aromatic N) is 1. The normalized spacial score (nSPS) is 12.0. The zero-order chi connectivity index (χ0) is 18.9. The van der Waals surface area contributed by atoms with Crippen LogP contribution in [0.1, 0.15) is 30.5 Å². The van der Waals surface area contributed by atoms with Gasteiger partial charge >= 0.3 is 5.97 Å². The molecule has 0 N–H and O–H groups in total. The van der Waals surface area contributed by atoms with Crippen molar-refractivity contribution < 1.29 is 14.3 Å². The van der Waals surface area contributed by atoms with Gasteiger partial charge in [-0.25, -0.2) is 0 Å². The van der Waals surface area contributed by atoms with Gasteiger partial charge in [-0.3, -0.25) is 9.59 Å². The monoisotopic (exact) mass is 371 g/mol. The zero-order valence-electron chi connectivity index (χ0n) is 14.9. The van der Waals surface area contributed by atoms with E-state index in [2.05, 4.69) is 0 Å². The van der Waals surface area contributed by atoms with Crippen LogP contribution in [0.25, 0.3) is 6.08 Å². The summed E-state index contributed by atoms with van der Waals surface area (Å²) in [6, 6.07) is 16.8. The molecule has 0 aliphatic rings. The second-order valence-corrected chi connectivity index (χ2v) is 6.27. The first-order valence-corrected chi connectivity index (χ1v) is 8.75. The minimum Gasteiger partial charge on any atom is -0.469 e. The van der Waals surface area contributed by atoms with Crippen LogP contribution in [0.3, 0.4) is 0 Å². The number of esters is 1. The van der Waals surface area contributed by atoms with Crippen LogP contribution in [0.4, 0.5) is 0 Å². The van der Waals surface area contributed by atoms with E-state index in [-0.39, 0.29) is 30.9 Å². The Morgan fingerprint density at radius 3 is 2.38 bits per heavy atom. The minimum absolute atomic E-state index is 0.147. The van der Waals surface area contributed by atoms with Gasteiger partial charge in [0.25, 0.3) is 0 Å². The summed E-state index contributed by atoms with van der Waals surface area (Å²) in [7, 11) is 1.34. The molecule has 0 radical (unpaired) electrons. The molecule has 1 atom stereocenters. The number of carbonyl (C=O) groups is 2. The van der Waals surface area contributed by atoms with E-state index in [1.54, 1.807) is 23.1 Å². The Hall–Kier alpha value is -2.59. The fourth-order valence-corrected chi connectivity index (χ4v) is 2.68. The third-order valence-electron chi connectivity index (χ3n) is 4.11. The molecule has 0 saturated carbocycles. The summed E-state index contributed by atoms with van der Waals surface area (Å²) >= 11 is 5.88. The fourth-order valence-electron chi connectivity index (χ4n) is 2.56. The number of carbonyl (C=O) groups excluding carboxylic acids is 2. The smallest absolute Gasteiger partial charge is 0.307 e. The summed E-state index contributed by atoms with van der Waals surface area (Å²) in [6.07, 6.45) is 3.40. The van der Waals surface area contributed by atoms with Crippen molar-refractivity contribution in [1.29, 1.82) is 0 Å². The first-order chi connectivity index (χ1) is 12.5. The molecule has 0 fully saturated rings. The van der Waals surface area contributed by atoms with E-state index >= 15 is 0 Å². The van der Waals surface area contributed by atoms with E-state index in [9.17, 15) is 9.59 Å². The Morgan fingerprint density at radius 1 is 1.12 bits per heavy atom. The highest BCUT2D eigenvalue weighted by Gasteiger charge is 2.20. The van der Waals surface area contributed by atoms with Gasteiger partial charge in [0.2, 0.25) is 5.91 Å². The number of benzene rings is 2. The van der Waals surface area contributed by atoms with Crippen molar-refractivity contribution in [3.05, 3.63) is 76.8 Å². The fraction of sp³-hybridized carbons (Fsp3) is 0.238. The third-order valence-corrected chi connectivity index (χ3v) is 4.36. The molecule has 26 heavy (non-hydrogen) atoms. The molecule has 0 spiro atoms. The highest BCUT2D eigenvalue weighted by molar-refractivity contribution is 6.30. The van der Waals surface area contributed by atoms with Gasteiger partial charge < -0.3 is 9.64 Å². The number of amides is 1. The van der Waals surface area contributed by atoms with Crippen LogP contribution in [0.5, 0.6) is 0 Å². The third kappa shape index (κ3) is 5.74. The molecular weight excluding hydrogens is 350 g/mol. The Labute approximate surface area is 159 Å². The number of hydrogen-bond acceptors (Lipinski definition) is 3. The Kier molecular flexibility index (Phi) is 7.42. The number of halogens is 1. The lowest BCUT2D eigenvalue weighted by Crippen LogP contribution is -2.34. The van der Waals surface area contributed by atoms with Crippen molar-refractivity contribution in [3.8, 4) is 0 Å². The molecule has 2 aromatic carbocycles. The molecule has 0 aromatic heterocycles. The van der Waals surface area contributed by atoms with E-state index in [0.29, 0.717) is 5.02 Å². The topological polar surface area (TPSA) is 46.6 Å². The molecular formula is C21H22ClNO3. The first kappa shape index (κ1) is 19.7. The predicted molar refractivity (Wildman–Crippen MR) is 104 cm³/mol. The maximum atomic E-state index is 12.8. The molecule has 0 heterocycles. The van der Waals surface area contributed by atoms with Gasteiger partial charge in [0.1, 0.15) is 0 Å². The van der Waals surface area contributed by atoms with Crippen molar-refractivity contribution >= 4 is 29.6 Å². The highest BCUT2D eigenvalue weighted by atomic mass is 35.5. The summed E-state index contributed by atoms with van der Waals surface area (Å²) in [4.78, 5) is 25.9. The summed E-state index contributed by atoms with van der Waals surface area (Å²) in [5, 5.41) is 0.644. The minimum atomic E-state index is -0.343. The molecule has 0 saturated heterocycles. The van der Waals surface area contributed by atoms with E-state index in [1.807, 2.05) is 49.4 Å². The van der Waals surface area contributed by atoms with Crippen molar-refractivity contribution in [2.45, 2.75) is 19.4 Å². The quantitative estimate of drug-likeness (QED) is 0.531. The molecule has 1 amide bonds. The summed E-state index contributed by atoms with van der Waals surface area (Å²) in [5.74, 6) is -0.509. The average molecular weight is 372 g/mol. The van der Waals surface area contributed by atoms with Crippen LogP contribution in [0, 0.1) is 0 Å². The van der Waals surface area contributed by atoms with Gasteiger partial charge in [-0.1, -0.05) is 54.1 Å². The molecule has 136 valence electrons. The van der Waals surface area contributed by atoms with Crippen LogP contribution in [-0.2, 0) is 14.3 Å². The largest absolute Gasteiger partial charge is 0.469 e. The summed E-state index contributed by atoms with van der Waals surface area (Å²) < 4.78 is 4.70. The number of hydrogen-bond donors (Lipinski definition) is 0. The molecule has 4 nitrogen and oxygen atoms in total. The van der Waals surface area contributed by atoms with Gasteiger partial charge in [0, 0.05) is 17.6 Å². The van der Waals surface area contributed by atoms with Crippen LogP contribution in [0.15, 0.2) is 60.7 Å². The van der Waals surface area contributed by atoms with Crippen LogP contribution in [-0.4, -0.2) is 30.4 Å². The summed E-state index contributed by atoms with van der Waals surface area (Å²) in [5.41, 5.74) is 1.88. The number of rotatable bonds is 7. The van der Waals surface area contributed by atoms with Gasteiger partial charge in [-0.05, 0) is 36.3 Å². The number of ether oxygens (including phenoxy) is 1. The maximum absolute atomic E-state index is 12.8. The lowest BCUT2D eigenvalue weighted by atomic mass is 10.1. The van der Waals surface area contributed by atoms with E-state index in [1.165, 1.54) is 13.2 Å². The second-order valence-electron chi connectivity index (χ2n) is 5.83. The molecule has 2 rings (SSSR count). The van der Waals surface area contributed by atoms with Crippen molar-refractivity contribution in [2.75, 3.05) is 13.7 Å². The molecule has 2 aromatic rings.